The van der Waals surface area contributed by atoms with Crippen LogP contribution in [0.15, 0.2) is 29.1 Å². The Morgan fingerprint density at radius 1 is 1.23 bits per heavy atom. The van der Waals surface area contributed by atoms with Crippen LogP contribution in [0.3, 0.4) is 0 Å². The number of rotatable bonds is 2. The summed E-state index contributed by atoms with van der Waals surface area (Å²) in [6.07, 6.45) is 0.231. The van der Waals surface area contributed by atoms with Gasteiger partial charge in [0.25, 0.3) is 5.56 Å². The van der Waals surface area contributed by atoms with Crippen molar-refractivity contribution < 1.29 is 4.79 Å². The van der Waals surface area contributed by atoms with Gasteiger partial charge in [-0.05, 0) is 6.07 Å². The molecule has 0 aliphatic carbocycles. The van der Waals surface area contributed by atoms with Crippen LogP contribution in [0.4, 0.5) is 0 Å². The molecule has 118 valence electrons. The number of aromatic nitrogens is 2. The van der Waals surface area contributed by atoms with Crippen molar-refractivity contribution in [1.29, 1.82) is 0 Å². The molecule has 22 heavy (non-hydrogen) atoms. The van der Waals surface area contributed by atoms with E-state index in [0.717, 1.165) is 31.6 Å². The molecule has 0 bridgehead atoms. The SMILES string of the molecule is Cl.Cn1nc(CC(=O)N2CCNCC2)c2ccccc2c1=O. The number of fused-ring (bicyclic) bond motifs is 1. The zero-order chi connectivity index (χ0) is 14.8. The molecule has 2 aromatic rings. The van der Waals surface area contributed by atoms with Crippen LogP contribution < -0.4 is 10.9 Å². The van der Waals surface area contributed by atoms with Gasteiger partial charge in [-0.15, -0.1) is 12.4 Å². The maximum Gasteiger partial charge on any atom is 0.274 e. The van der Waals surface area contributed by atoms with E-state index < -0.39 is 0 Å². The minimum absolute atomic E-state index is 0. The Morgan fingerprint density at radius 3 is 2.55 bits per heavy atom. The van der Waals surface area contributed by atoms with Gasteiger partial charge in [-0.3, -0.25) is 9.59 Å². The molecule has 1 amide bonds. The van der Waals surface area contributed by atoms with E-state index in [-0.39, 0.29) is 30.3 Å². The van der Waals surface area contributed by atoms with E-state index in [4.69, 9.17) is 0 Å². The topological polar surface area (TPSA) is 67.2 Å². The zero-order valence-corrected chi connectivity index (χ0v) is 13.2. The highest BCUT2D eigenvalue weighted by atomic mass is 35.5. The summed E-state index contributed by atoms with van der Waals surface area (Å²) in [6, 6.07) is 7.32. The standard InChI is InChI=1S/C15H18N4O2.ClH/c1-18-15(21)12-5-3-2-4-11(12)13(17-18)10-14(20)19-8-6-16-7-9-19;/h2-5,16H,6-10H2,1H3;1H. The molecular weight excluding hydrogens is 304 g/mol. The van der Waals surface area contributed by atoms with Gasteiger partial charge in [-0.25, -0.2) is 4.68 Å². The Bertz CT molecular complexity index is 738. The minimum atomic E-state index is -0.135. The fourth-order valence-electron chi connectivity index (χ4n) is 2.68. The molecule has 1 fully saturated rings. The number of hydrogen-bond acceptors (Lipinski definition) is 4. The molecule has 1 aliphatic rings. The largest absolute Gasteiger partial charge is 0.340 e. The van der Waals surface area contributed by atoms with Crippen LogP contribution in [0.1, 0.15) is 5.69 Å². The third kappa shape index (κ3) is 3.13. The summed E-state index contributed by atoms with van der Waals surface area (Å²) in [6.45, 7) is 3.10. The van der Waals surface area contributed by atoms with Gasteiger partial charge in [0, 0.05) is 38.6 Å². The van der Waals surface area contributed by atoms with Gasteiger partial charge in [0.1, 0.15) is 0 Å². The number of halogens is 1. The van der Waals surface area contributed by atoms with Gasteiger partial charge in [0.2, 0.25) is 5.91 Å². The number of carbonyl (C=O) groups is 1. The number of amides is 1. The predicted molar refractivity (Wildman–Crippen MR) is 87.4 cm³/mol. The van der Waals surface area contributed by atoms with Gasteiger partial charge >= 0.3 is 0 Å². The van der Waals surface area contributed by atoms with Crippen LogP contribution in [0.25, 0.3) is 10.8 Å². The van der Waals surface area contributed by atoms with Crippen LogP contribution in [-0.2, 0) is 18.3 Å². The highest BCUT2D eigenvalue weighted by Gasteiger charge is 2.19. The number of benzene rings is 1. The van der Waals surface area contributed by atoms with E-state index in [2.05, 4.69) is 10.4 Å². The first-order valence-corrected chi connectivity index (χ1v) is 7.10. The molecule has 1 aromatic heterocycles. The van der Waals surface area contributed by atoms with Gasteiger partial charge in [-0.2, -0.15) is 5.10 Å². The first kappa shape index (κ1) is 16.5. The fraction of sp³-hybridized carbons (Fsp3) is 0.400. The normalized spacial score (nSPS) is 14.7. The van der Waals surface area contributed by atoms with Crippen LogP contribution in [0.5, 0.6) is 0 Å². The molecule has 1 saturated heterocycles. The van der Waals surface area contributed by atoms with E-state index in [1.807, 2.05) is 23.1 Å². The monoisotopic (exact) mass is 322 g/mol. The van der Waals surface area contributed by atoms with Crippen molar-refractivity contribution in [3.8, 4) is 0 Å². The Morgan fingerprint density at radius 2 is 1.86 bits per heavy atom. The van der Waals surface area contributed by atoms with Crippen molar-refractivity contribution in [3.05, 3.63) is 40.3 Å². The second kappa shape index (κ2) is 6.89. The Hall–Kier alpha value is -1.92. The molecule has 0 saturated carbocycles. The second-order valence-electron chi connectivity index (χ2n) is 5.23. The maximum absolute atomic E-state index is 12.4. The number of hydrogen-bond donors (Lipinski definition) is 1. The zero-order valence-electron chi connectivity index (χ0n) is 12.4. The minimum Gasteiger partial charge on any atom is -0.340 e. The third-order valence-electron chi connectivity index (χ3n) is 3.82. The van der Waals surface area contributed by atoms with Crippen molar-refractivity contribution >= 4 is 29.1 Å². The summed E-state index contributed by atoms with van der Waals surface area (Å²) in [4.78, 5) is 26.3. The smallest absolute Gasteiger partial charge is 0.274 e. The van der Waals surface area contributed by atoms with Gasteiger partial charge in [-0.1, -0.05) is 18.2 Å². The van der Waals surface area contributed by atoms with Crippen LogP contribution in [0.2, 0.25) is 0 Å². The average molecular weight is 323 g/mol. The van der Waals surface area contributed by atoms with Crippen LogP contribution >= 0.6 is 12.4 Å². The highest BCUT2D eigenvalue weighted by molar-refractivity contribution is 5.88. The van der Waals surface area contributed by atoms with Gasteiger partial charge in [0.15, 0.2) is 0 Å². The lowest BCUT2D eigenvalue weighted by molar-refractivity contribution is -0.131. The second-order valence-corrected chi connectivity index (χ2v) is 5.23. The fourth-order valence-corrected chi connectivity index (χ4v) is 2.68. The van der Waals surface area contributed by atoms with Crippen molar-refractivity contribution in [1.82, 2.24) is 20.0 Å². The predicted octanol–water partition coefficient (Wildman–Crippen LogP) is 0.330. The summed E-state index contributed by atoms with van der Waals surface area (Å²) in [5, 5.41) is 8.88. The average Bonchev–Trinajstić information content (AvgIpc) is 2.53. The quantitative estimate of drug-likeness (QED) is 0.865. The Kier molecular flexibility index (Phi) is 5.15. The summed E-state index contributed by atoms with van der Waals surface area (Å²) in [7, 11) is 1.62. The van der Waals surface area contributed by atoms with Gasteiger partial charge in [0.05, 0.1) is 17.5 Å². The highest BCUT2D eigenvalue weighted by Crippen LogP contribution is 2.14. The molecule has 0 unspecified atom stereocenters. The van der Waals surface area contributed by atoms with Crippen molar-refractivity contribution in [3.63, 3.8) is 0 Å². The molecule has 0 radical (unpaired) electrons. The molecule has 2 heterocycles. The molecule has 1 N–H and O–H groups in total. The lowest BCUT2D eigenvalue weighted by Crippen LogP contribution is -2.47. The molecule has 0 spiro atoms. The van der Waals surface area contributed by atoms with E-state index in [1.165, 1.54) is 4.68 Å². The summed E-state index contributed by atoms with van der Waals surface area (Å²) >= 11 is 0. The Balaban J connectivity index is 0.00000176. The molecule has 1 aliphatic heterocycles. The summed E-state index contributed by atoms with van der Waals surface area (Å²) in [5.41, 5.74) is 0.528. The van der Waals surface area contributed by atoms with E-state index in [1.54, 1.807) is 13.1 Å². The molecule has 6 nitrogen and oxygen atoms in total. The van der Waals surface area contributed by atoms with Crippen molar-refractivity contribution in [2.24, 2.45) is 7.05 Å². The molecule has 7 heteroatoms. The molecule has 0 atom stereocenters. The summed E-state index contributed by atoms with van der Waals surface area (Å²) < 4.78 is 1.31. The van der Waals surface area contributed by atoms with Crippen molar-refractivity contribution in [2.75, 3.05) is 26.2 Å². The Labute approximate surface area is 134 Å². The summed E-state index contributed by atoms with van der Waals surface area (Å²) in [5.74, 6) is 0.0628. The lowest BCUT2D eigenvalue weighted by atomic mass is 10.1. The number of nitrogens with one attached hydrogen (secondary N) is 1. The first-order chi connectivity index (χ1) is 10.2. The number of aryl methyl sites for hydroxylation is 1. The van der Waals surface area contributed by atoms with E-state index in [9.17, 15) is 9.59 Å². The number of carbonyl (C=O) groups excluding carboxylic acids is 1. The number of piperazine rings is 1. The third-order valence-corrected chi connectivity index (χ3v) is 3.82. The van der Waals surface area contributed by atoms with E-state index >= 15 is 0 Å². The first-order valence-electron chi connectivity index (χ1n) is 7.10. The molecule has 1 aromatic carbocycles. The maximum atomic E-state index is 12.4. The van der Waals surface area contributed by atoms with Crippen LogP contribution in [0, 0.1) is 0 Å². The van der Waals surface area contributed by atoms with Crippen molar-refractivity contribution in [2.45, 2.75) is 6.42 Å². The van der Waals surface area contributed by atoms with Gasteiger partial charge < -0.3 is 10.2 Å². The van der Waals surface area contributed by atoms with E-state index in [0.29, 0.717) is 11.1 Å². The molecule has 3 rings (SSSR count). The lowest BCUT2D eigenvalue weighted by Gasteiger charge is -2.27. The number of nitrogens with zero attached hydrogens (tertiary/aromatic N) is 3. The van der Waals surface area contributed by atoms with Crippen LogP contribution in [-0.4, -0.2) is 46.8 Å². The molecular formula is C15H19ClN4O2.